The summed E-state index contributed by atoms with van der Waals surface area (Å²) < 4.78 is 5.72. The molecule has 21 heavy (non-hydrogen) atoms. The average molecular weight is 290 g/mol. The van der Waals surface area contributed by atoms with Gasteiger partial charge in [0.25, 0.3) is 0 Å². The highest BCUT2D eigenvalue weighted by molar-refractivity contribution is 5.02. The summed E-state index contributed by atoms with van der Waals surface area (Å²) in [6.45, 7) is 5.93. The van der Waals surface area contributed by atoms with E-state index in [2.05, 4.69) is 31.7 Å². The van der Waals surface area contributed by atoms with Crippen molar-refractivity contribution in [1.82, 2.24) is 0 Å². The number of allylic oxidation sites excluding steroid dienone is 4. The monoisotopic (exact) mass is 290 g/mol. The third-order valence-corrected chi connectivity index (χ3v) is 4.11. The van der Waals surface area contributed by atoms with Crippen molar-refractivity contribution in [3.63, 3.8) is 0 Å². The Morgan fingerprint density at radius 2 is 1.57 bits per heavy atom. The molecule has 0 aromatic carbocycles. The zero-order valence-electron chi connectivity index (χ0n) is 13.9. The Morgan fingerprint density at radius 1 is 0.857 bits per heavy atom. The minimum absolute atomic E-state index is 0.509. The highest BCUT2D eigenvalue weighted by Gasteiger charge is 2.36. The normalized spacial score (nSPS) is 21.4. The molecule has 1 fully saturated rings. The molecule has 1 heteroatoms. The number of hydrogen-bond donors (Lipinski definition) is 0. The number of rotatable bonds is 14. The molecule has 1 rings (SSSR count). The van der Waals surface area contributed by atoms with Crippen molar-refractivity contribution in [3.8, 4) is 0 Å². The lowest BCUT2D eigenvalue weighted by molar-refractivity contribution is 0.358. The largest absolute Gasteiger partial charge is 0.369 e. The van der Waals surface area contributed by atoms with Crippen LogP contribution in [0.15, 0.2) is 37.0 Å². The molecule has 0 N–H and O–H groups in total. The van der Waals surface area contributed by atoms with Gasteiger partial charge < -0.3 is 4.74 Å². The maximum Gasteiger partial charge on any atom is 0.0876 e. The van der Waals surface area contributed by atoms with Gasteiger partial charge in [0.15, 0.2) is 0 Å². The Hall–Kier alpha value is -0.820. The first kappa shape index (κ1) is 18.2. The second-order valence-electron chi connectivity index (χ2n) is 6.08. The van der Waals surface area contributed by atoms with Crippen molar-refractivity contribution < 1.29 is 4.74 Å². The molecular formula is C20H34O. The van der Waals surface area contributed by atoms with E-state index < -0.39 is 0 Å². The minimum Gasteiger partial charge on any atom is -0.369 e. The molecule has 1 saturated heterocycles. The molecule has 2 atom stereocenters. The maximum atomic E-state index is 5.72. The highest BCUT2D eigenvalue weighted by Crippen LogP contribution is 2.30. The van der Waals surface area contributed by atoms with Crippen LogP contribution in [0.3, 0.4) is 0 Å². The Balaban J connectivity index is 1.84. The van der Waals surface area contributed by atoms with Gasteiger partial charge in [0, 0.05) is 0 Å². The van der Waals surface area contributed by atoms with Crippen molar-refractivity contribution in [2.45, 2.75) is 89.8 Å². The standard InChI is InChI=1S/C20H34O/c1-3-5-7-9-11-12-14-16-18-20-19(21-20)17-15-13-10-8-6-4-2/h4,6,8,13,15,19-20H,2-3,5,7,9-12,14,16-18H2,1H3/t19-,20+/m1/s1. The van der Waals surface area contributed by atoms with E-state index in [0.29, 0.717) is 12.2 Å². The lowest BCUT2D eigenvalue weighted by Gasteiger charge is -2.00. The zero-order chi connectivity index (χ0) is 15.2. The van der Waals surface area contributed by atoms with E-state index in [0.717, 1.165) is 12.8 Å². The van der Waals surface area contributed by atoms with E-state index in [-0.39, 0.29) is 0 Å². The van der Waals surface area contributed by atoms with Gasteiger partial charge in [-0.3, -0.25) is 0 Å². The molecule has 0 radical (unpaired) electrons. The molecule has 0 spiro atoms. The van der Waals surface area contributed by atoms with Crippen LogP contribution >= 0.6 is 0 Å². The molecule has 1 aliphatic heterocycles. The first-order valence-corrected chi connectivity index (χ1v) is 8.96. The van der Waals surface area contributed by atoms with Gasteiger partial charge in [-0.1, -0.05) is 95.2 Å². The van der Waals surface area contributed by atoms with Crippen molar-refractivity contribution in [3.05, 3.63) is 37.0 Å². The average Bonchev–Trinajstić information content (AvgIpc) is 3.24. The molecule has 1 heterocycles. The molecule has 1 nitrogen and oxygen atoms in total. The summed E-state index contributed by atoms with van der Waals surface area (Å²) >= 11 is 0. The van der Waals surface area contributed by atoms with Crippen LogP contribution in [0.25, 0.3) is 0 Å². The molecule has 0 aromatic heterocycles. The van der Waals surface area contributed by atoms with Gasteiger partial charge in [0.2, 0.25) is 0 Å². The van der Waals surface area contributed by atoms with E-state index in [1.807, 2.05) is 12.2 Å². The molecule has 0 amide bonds. The lowest BCUT2D eigenvalue weighted by atomic mass is 10.1. The summed E-state index contributed by atoms with van der Waals surface area (Å²) in [7, 11) is 0. The fourth-order valence-corrected chi connectivity index (χ4v) is 2.70. The van der Waals surface area contributed by atoms with Crippen LogP contribution < -0.4 is 0 Å². The van der Waals surface area contributed by atoms with Gasteiger partial charge in [-0.25, -0.2) is 0 Å². The Labute approximate surface area is 132 Å². The molecule has 0 saturated carbocycles. The van der Waals surface area contributed by atoms with E-state index in [9.17, 15) is 0 Å². The molecular weight excluding hydrogens is 256 g/mol. The maximum absolute atomic E-state index is 5.72. The molecule has 0 aliphatic carbocycles. The Bertz CT molecular complexity index is 303. The quantitative estimate of drug-likeness (QED) is 0.157. The highest BCUT2D eigenvalue weighted by atomic mass is 16.6. The summed E-state index contributed by atoms with van der Waals surface area (Å²) in [6.07, 6.45) is 26.0. The first-order chi connectivity index (χ1) is 10.4. The van der Waals surface area contributed by atoms with Crippen LogP contribution in [0.4, 0.5) is 0 Å². The minimum atomic E-state index is 0.509. The molecule has 0 aromatic rings. The van der Waals surface area contributed by atoms with Gasteiger partial charge in [0.05, 0.1) is 12.2 Å². The van der Waals surface area contributed by atoms with Gasteiger partial charge in [-0.15, -0.1) is 0 Å². The number of hydrogen-bond acceptors (Lipinski definition) is 1. The van der Waals surface area contributed by atoms with Crippen molar-refractivity contribution in [2.75, 3.05) is 0 Å². The molecule has 1 aliphatic rings. The summed E-state index contributed by atoms with van der Waals surface area (Å²) in [5.41, 5.74) is 0. The third-order valence-electron chi connectivity index (χ3n) is 4.11. The summed E-state index contributed by atoms with van der Waals surface area (Å²) in [6, 6.07) is 0. The van der Waals surface area contributed by atoms with Crippen molar-refractivity contribution >= 4 is 0 Å². The van der Waals surface area contributed by atoms with Gasteiger partial charge >= 0.3 is 0 Å². The van der Waals surface area contributed by atoms with Crippen LogP contribution in [0.2, 0.25) is 0 Å². The van der Waals surface area contributed by atoms with Gasteiger partial charge in [0.1, 0.15) is 0 Å². The van der Waals surface area contributed by atoms with Crippen molar-refractivity contribution in [1.29, 1.82) is 0 Å². The second kappa shape index (κ2) is 12.9. The Morgan fingerprint density at radius 3 is 2.29 bits per heavy atom. The van der Waals surface area contributed by atoms with Gasteiger partial charge in [-0.2, -0.15) is 0 Å². The van der Waals surface area contributed by atoms with E-state index in [1.165, 1.54) is 57.8 Å². The van der Waals surface area contributed by atoms with Crippen LogP contribution in [0.5, 0.6) is 0 Å². The van der Waals surface area contributed by atoms with Crippen LogP contribution in [0.1, 0.15) is 77.6 Å². The summed E-state index contributed by atoms with van der Waals surface area (Å²) in [4.78, 5) is 0. The molecule has 120 valence electrons. The van der Waals surface area contributed by atoms with Crippen LogP contribution in [0, 0.1) is 0 Å². The smallest absolute Gasteiger partial charge is 0.0876 e. The fourth-order valence-electron chi connectivity index (χ4n) is 2.70. The predicted molar refractivity (Wildman–Crippen MR) is 93.6 cm³/mol. The van der Waals surface area contributed by atoms with Crippen LogP contribution in [-0.4, -0.2) is 12.2 Å². The number of unbranched alkanes of at least 4 members (excludes halogenated alkanes) is 7. The van der Waals surface area contributed by atoms with Crippen LogP contribution in [-0.2, 0) is 4.74 Å². The Kier molecular flexibility index (Phi) is 11.2. The fraction of sp³-hybridized carbons (Fsp3) is 0.700. The predicted octanol–water partition coefficient (Wildman–Crippen LogP) is 6.36. The topological polar surface area (TPSA) is 12.5 Å². The first-order valence-electron chi connectivity index (χ1n) is 8.96. The third kappa shape index (κ3) is 10.5. The van der Waals surface area contributed by atoms with E-state index in [1.54, 1.807) is 0 Å². The number of ether oxygens (including phenoxy) is 1. The lowest BCUT2D eigenvalue weighted by Crippen LogP contribution is -1.93. The van der Waals surface area contributed by atoms with E-state index >= 15 is 0 Å². The second-order valence-corrected chi connectivity index (χ2v) is 6.08. The molecule has 0 unspecified atom stereocenters. The zero-order valence-corrected chi connectivity index (χ0v) is 13.9. The molecule has 0 bridgehead atoms. The SMILES string of the molecule is C=CC=CCC=CC[C@H]1O[C@H]1CCCCCCCCCC. The van der Waals surface area contributed by atoms with E-state index in [4.69, 9.17) is 4.74 Å². The summed E-state index contributed by atoms with van der Waals surface area (Å²) in [5, 5.41) is 0. The van der Waals surface area contributed by atoms with Gasteiger partial charge in [-0.05, 0) is 19.3 Å². The number of epoxide rings is 1. The van der Waals surface area contributed by atoms with Crippen molar-refractivity contribution in [2.24, 2.45) is 0 Å². The summed E-state index contributed by atoms with van der Waals surface area (Å²) in [5.74, 6) is 0.